The van der Waals surface area contributed by atoms with Gasteiger partial charge in [-0.15, -0.1) is 0 Å². The zero-order valence-electron chi connectivity index (χ0n) is 16.5. The minimum Gasteiger partial charge on any atom is -0.508 e. The van der Waals surface area contributed by atoms with Gasteiger partial charge < -0.3 is 9.52 Å². The first-order valence-electron chi connectivity index (χ1n) is 10.0. The lowest BCUT2D eigenvalue weighted by atomic mass is 9.91. The maximum atomic E-state index is 13.4. The van der Waals surface area contributed by atoms with Gasteiger partial charge >= 0.3 is 0 Å². The van der Waals surface area contributed by atoms with Crippen LogP contribution >= 0.6 is 0 Å². The highest BCUT2D eigenvalue weighted by molar-refractivity contribution is 6.11. The van der Waals surface area contributed by atoms with Gasteiger partial charge in [0.05, 0.1) is 5.56 Å². The van der Waals surface area contributed by atoms with Gasteiger partial charge in [0.2, 0.25) is 0 Å². The number of carbonyl (C=O) groups excluding carboxylic acids is 1. The fourth-order valence-corrected chi connectivity index (χ4v) is 4.30. The molecule has 0 unspecified atom stereocenters. The molecule has 0 spiro atoms. The van der Waals surface area contributed by atoms with E-state index in [1.54, 1.807) is 12.1 Å². The van der Waals surface area contributed by atoms with Crippen LogP contribution in [-0.2, 0) is 6.42 Å². The van der Waals surface area contributed by atoms with Crippen molar-refractivity contribution in [2.75, 3.05) is 0 Å². The van der Waals surface area contributed by atoms with Crippen LogP contribution in [0, 0.1) is 13.8 Å². The maximum Gasteiger partial charge on any atom is 0.196 e. The monoisotopic (exact) mass is 374 g/mol. The summed E-state index contributed by atoms with van der Waals surface area (Å²) in [5, 5.41) is 10.3. The average Bonchev–Trinajstić information content (AvgIpc) is 3.32. The van der Waals surface area contributed by atoms with Gasteiger partial charge in [0.25, 0.3) is 0 Å². The summed E-state index contributed by atoms with van der Waals surface area (Å²) in [6, 6.07) is 15.3. The largest absolute Gasteiger partial charge is 0.508 e. The van der Waals surface area contributed by atoms with Crippen LogP contribution in [0.25, 0.3) is 0 Å². The molecule has 1 heterocycles. The minimum atomic E-state index is -0.0282. The smallest absolute Gasteiger partial charge is 0.196 e. The average molecular weight is 374 g/mol. The lowest BCUT2D eigenvalue weighted by Crippen LogP contribution is -2.07. The highest BCUT2D eigenvalue weighted by Gasteiger charge is 2.25. The number of ketones is 1. The molecule has 1 saturated carbocycles. The van der Waals surface area contributed by atoms with Gasteiger partial charge in [-0.25, -0.2) is 0 Å². The van der Waals surface area contributed by atoms with E-state index in [0.29, 0.717) is 35.0 Å². The van der Waals surface area contributed by atoms with Crippen molar-refractivity contribution < 1.29 is 14.3 Å². The quantitative estimate of drug-likeness (QED) is 0.551. The molecule has 28 heavy (non-hydrogen) atoms. The molecule has 0 saturated heterocycles. The summed E-state index contributed by atoms with van der Waals surface area (Å²) in [4.78, 5) is 13.4. The molecule has 1 aromatic heterocycles. The zero-order chi connectivity index (χ0) is 19.7. The minimum absolute atomic E-state index is 0.0282. The molecule has 1 N–H and O–H groups in total. The summed E-state index contributed by atoms with van der Waals surface area (Å²) in [5.41, 5.74) is 4.20. The highest BCUT2D eigenvalue weighted by atomic mass is 16.3. The first-order valence-corrected chi connectivity index (χ1v) is 10.0. The number of aryl methyl sites for hydroxylation is 1. The number of aromatic hydroxyl groups is 1. The second kappa shape index (κ2) is 7.67. The van der Waals surface area contributed by atoms with Crippen molar-refractivity contribution in [1.29, 1.82) is 0 Å². The number of benzene rings is 2. The Bertz CT molecular complexity index is 992. The summed E-state index contributed by atoms with van der Waals surface area (Å²) in [6.45, 7) is 3.85. The van der Waals surface area contributed by atoms with Crippen LogP contribution in [0.5, 0.6) is 5.75 Å². The number of phenolic OH excluding ortho intramolecular Hbond substituents is 1. The molecule has 3 aromatic rings. The Balaban J connectivity index is 1.71. The Morgan fingerprint density at radius 1 is 1.07 bits per heavy atom. The molecule has 1 aliphatic rings. The summed E-state index contributed by atoms with van der Waals surface area (Å²) < 4.78 is 5.98. The van der Waals surface area contributed by atoms with Crippen molar-refractivity contribution in [3.63, 3.8) is 0 Å². The van der Waals surface area contributed by atoms with Crippen LogP contribution in [0.3, 0.4) is 0 Å². The fourth-order valence-electron chi connectivity index (χ4n) is 4.30. The summed E-state index contributed by atoms with van der Waals surface area (Å²) in [6.07, 6.45) is 5.11. The van der Waals surface area contributed by atoms with Crippen molar-refractivity contribution in [1.82, 2.24) is 0 Å². The topological polar surface area (TPSA) is 50.4 Å². The van der Waals surface area contributed by atoms with E-state index in [9.17, 15) is 9.90 Å². The molecule has 1 fully saturated rings. The van der Waals surface area contributed by atoms with E-state index in [4.69, 9.17) is 4.42 Å². The molecule has 0 radical (unpaired) electrons. The highest BCUT2D eigenvalue weighted by Crippen LogP contribution is 2.39. The van der Waals surface area contributed by atoms with E-state index in [2.05, 4.69) is 0 Å². The Kier molecular flexibility index (Phi) is 5.08. The number of carbonyl (C=O) groups is 1. The maximum absolute atomic E-state index is 13.4. The number of hydrogen-bond acceptors (Lipinski definition) is 3. The van der Waals surface area contributed by atoms with E-state index in [1.165, 1.54) is 12.8 Å². The molecule has 1 aliphatic carbocycles. The van der Waals surface area contributed by atoms with Gasteiger partial charge in [0.15, 0.2) is 5.78 Å². The molecule has 2 aromatic carbocycles. The molecule has 144 valence electrons. The van der Waals surface area contributed by atoms with E-state index in [1.807, 2.05) is 50.2 Å². The second-order valence-electron chi connectivity index (χ2n) is 7.83. The SMILES string of the molecule is Cc1oc(Cc2ccccc2)c(C(=O)c2ccc(O)c(C3CCCC3)c2)c1C. The molecule has 0 amide bonds. The molecule has 3 nitrogen and oxygen atoms in total. The molecular formula is C25H26O3. The van der Waals surface area contributed by atoms with Crippen molar-refractivity contribution in [2.45, 2.75) is 51.9 Å². The molecule has 4 rings (SSSR count). The molecule has 0 aliphatic heterocycles. The van der Waals surface area contributed by atoms with Crippen molar-refractivity contribution in [2.24, 2.45) is 0 Å². The Morgan fingerprint density at radius 3 is 2.50 bits per heavy atom. The third-order valence-electron chi connectivity index (χ3n) is 5.98. The third-order valence-corrected chi connectivity index (χ3v) is 5.98. The first kappa shape index (κ1) is 18.5. The Labute approximate surface area is 166 Å². The molecular weight excluding hydrogens is 348 g/mol. The van der Waals surface area contributed by atoms with Gasteiger partial charge in [-0.2, -0.15) is 0 Å². The van der Waals surface area contributed by atoms with Gasteiger partial charge in [-0.3, -0.25) is 4.79 Å². The summed E-state index contributed by atoms with van der Waals surface area (Å²) >= 11 is 0. The van der Waals surface area contributed by atoms with Crippen molar-refractivity contribution >= 4 is 5.78 Å². The predicted octanol–water partition coefficient (Wildman–Crippen LogP) is 6.08. The van der Waals surface area contributed by atoms with Crippen molar-refractivity contribution in [3.05, 3.63) is 87.9 Å². The van der Waals surface area contributed by atoms with E-state index < -0.39 is 0 Å². The lowest BCUT2D eigenvalue weighted by Gasteiger charge is -2.13. The van der Waals surface area contributed by atoms with Crippen LogP contribution in [-0.4, -0.2) is 10.9 Å². The molecule has 0 bridgehead atoms. The number of rotatable bonds is 5. The summed E-state index contributed by atoms with van der Waals surface area (Å²) in [7, 11) is 0. The van der Waals surface area contributed by atoms with Crippen LogP contribution < -0.4 is 0 Å². The van der Waals surface area contributed by atoms with Gasteiger partial charge in [0, 0.05) is 17.5 Å². The van der Waals surface area contributed by atoms with Crippen LogP contribution in [0.1, 0.15) is 75.7 Å². The second-order valence-corrected chi connectivity index (χ2v) is 7.83. The predicted molar refractivity (Wildman–Crippen MR) is 110 cm³/mol. The van der Waals surface area contributed by atoms with Crippen LogP contribution in [0.4, 0.5) is 0 Å². The number of furan rings is 1. The van der Waals surface area contributed by atoms with E-state index in [-0.39, 0.29) is 5.78 Å². The Morgan fingerprint density at radius 2 is 1.79 bits per heavy atom. The van der Waals surface area contributed by atoms with Crippen LogP contribution in [0.15, 0.2) is 52.9 Å². The third kappa shape index (κ3) is 3.49. The lowest BCUT2D eigenvalue weighted by molar-refractivity contribution is 0.103. The standard InChI is InChI=1S/C25H26O3/c1-16-17(2)28-23(14-18-8-4-3-5-9-18)24(16)25(27)20-12-13-22(26)21(15-20)19-10-6-7-11-19/h3-5,8-9,12-13,15,19,26H,6-7,10-11,14H2,1-2H3. The van der Waals surface area contributed by atoms with Gasteiger partial charge in [0.1, 0.15) is 17.3 Å². The molecule has 3 heteroatoms. The van der Waals surface area contributed by atoms with Gasteiger partial charge in [-0.1, -0.05) is 43.2 Å². The van der Waals surface area contributed by atoms with Crippen LogP contribution in [0.2, 0.25) is 0 Å². The normalized spacial score (nSPS) is 14.5. The fraction of sp³-hybridized carbons (Fsp3) is 0.320. The van der Waals surface area contributed by atoms with E-state index in [0.717, 1.165) is 35.3 Å². The van der Waals surface area contributed by atoms with Crippen molar-refractivity contribution in [3.8, 4) is 5.75 Å². The van der Waals surface area contributed by atoms with Gasteiger partial charge in [-0.05, 0) is 61.9 Å². The first-order chi connectivity index (χ1) is 13.5. The summed E-state index contributed by atoms with van der Waals surface area (Å²) in [5.74, 6) is 2.11. The molecule has 0 atom stereocenters. The Hall–Kier alpha value is -2.81. The van der Waals surface area contributed by atoms with E-state index >= 15 is 0 Å². The zero-order valence-corrected chi connectivity index (χ0v) is 16.5. The number of phenols is 1. The number of hydrogen-bond donors (Lipinski definition) is 1.